The maximum atomic E-state index is 7.00. The summed E-state index contributed by atoms with van der Waals surface area (Å²) in [5.74, 6) is 0. The molecular weight excluding hydrogens is 403 g/mol. The first-order chi connectivity index (χ1) is 9.27. The first-order valence-electron chi connectivity index (χ1n) is 7.69. The average Bonchev–Trinajstić information content (AvgIpc) is 2.54. The Morgan fingerprint density at radius 2 is 1.05 bits per heavy atom. The van der Waals surface area contributed by atoms with Crippen molar-refractivity contribution in [3.8, 4) is 0 Å². The van der Waals surface area contributed by atoms with E-state index in [1.807, 2.05) is 0 Å². The summed E-state index contributed by atoms with van der Waals surface area (Å²) in [4.78, 5) is 0. The van der Waals surface area contributed by atoms with Crippen molar-refractivity contribution in [2.75, 3.05) is 7.11 Å². The minimum Gasteiger partial charge on any atom is -0.400 e. The SMILES string of the molecule is CC(C)[N]=[Ta].CO.[CH-]1CCCCC1.[CH-]1CCCCC1. The van der Waals surface area contributed by atoms with Gasteiger partial charge in [-0.15, -0.1) is 0 Å². The van der Waals surface area contributed by atoms with E-state index in [9.17, 15) is 0 Å². The minimum absolute atomic E-state index is 0.559. The van der Waals surface area contributed by atoms with Gasteiger partial charge in [0.25, 0.3) is 0 Å². The molecule has 0 heterocycles. The standard InChI is InChI=1S/2C6H11.C3H7N.CH4O.Ta/c2*1-2-4-6-5-3-1;1-3(2)4;1-2;/h2*1H,2-6H2;3H,1-2H3;2H,1H3;/q2*-1;;;. The molecule has 0 aromatic heterocycles. The number of hydrogen-bond donors (Lipinski definition) is 1. The molecule has 2 rings (SSSR count). The molecule has 0 atom stereocenters. The molecule has 0 unspecified atom stereocenters. The van der Waals surface area contributed by atoms with Crippen LogP contribution in [-0.4, -0.2) is 18.3 Å². The zero-order valence-corrected chi connectivity index (χ0v) is 16.4. The first-order valence-corrected chi connectivity index (χ1v) is 9.13. The fraction of sp³-hybridized carbons (Fsp3) is 0.875. The van der Waals surface area contributed by atoms with E-state index in [2.05, 4.69) is 30.0 Å². The molecule has 0 radical (unpaired) electrons. The summed E-state index contributed by atoms with van der Waals surface area (Å²) in [5.41, 5.74) is 0. The Balaban J connectivity index is 0. The topological polar surface area (TPSA) is 32.6 Å². The van der Waals surface area contributed by atoms with E-state index < -0.39 is 0 Å². The molecule has 2 aliphatic carbocycles. The summed E-state index contributed by atoms with van der Waals surface area (Å²) < 4.78 is 4.00. The van der Waals surface area contributed by atoms with Gasteiger partial charge in [-0.2, -0.15) is 25.7 Å². The first kappa shape index (κ1) is 21.8. The van der Waals surface area contributed by atoms with Crippen molar-refractivity contribution in [2.24, 2.45) is 3.34 Å². The van der Waals surface area contributed by atoms with Crippen LogP contribution in [0.25, 0.3) is 0 Å². The summed E-state index contributed by atoms with van der Waals surface area (Å²) in [6.45, 7) is 4.17. The van der Waals surface area contributed by atoms with Gasteiger partial charge in [-0.3, -0.25) is 0 Å². The van der Waals surface area contributed by atoms with Crippen LogP contribution in [0.5, 0.6) is 0 Å². The number of aliphatic hydroxyl groups excluding tert-OH is 1. The Morgan fingerprint density at radius 1 is 0.789 bits per heavy atom. The second-order valence-electron chi connectivity index (χ2n) is 5.06. The van der Waals surface area contributed by atoms with Crippen molar-refractivity contribution in [2.45, 2.75) is 84.1 Å². The second-order valence-corrected chi connectivity index (χ2v) is 5.89. The zero-order chi connectivity index (χ0) is 14.8. The van der Waals surface area contributed by atoms with Gasteiger partial charge in [-0.1, -0.05) is 38.5 Å². The predicted molar refractivity (Wildman–Crippen MR) is 80.5 cm³/mol. The molecule has 115 valence electrons. The van der Waals surface area contributed by atoms with Gasteiger partial charge in [0.05, 0.1) is 0 Å². The van der Waals surface area contributed by atoms with Gasteiger partial charge < -0.3 is 17.9 Å². The summed E-state index contributed by atoms with van der Waals surface area (Å²) in [7, 11) is 1.00. The molecule has 0 amide bonds. The Labute approximate surface area is 133 Å². The van der Waals surface area contributed by atoms with Crippen molar-refractivity contribution in [1.29, 1.82) is 0 Å². The fourth-order valence-electron chi connectivity index (χ4n) is 1.80. The molecule has 0 saturated heterocycles. The number of hydrogen-bond acceptors (Lipinski definition) is 2. The van der Waals surface area contributed by atoms with Crippen LogP contribution in [0.2, 0.25) is 0 Å². The fourth-order valence-corrected chi connectivity index (χ4v) is 1.80. The number of aliphatic hydroxyl groups is 1. The Morgan fingerprint density at radius 3 is 1.11 bits per heavy atom. The molecule has 2 aliphatic rings. The molecular formula is C16H33NOTa-2. The van der Waals surface area contributed by atoms with E-state index in [1.54, 1.807) is 0 Å². The molecule has 3 heteroatoms. The molecule has 0 bridgehead atoms. The Kier molecular flexibility index (Phi) is 23.9. The molecule has 0 aromatic rings. The quantitative estimate of drug-likeness (QED) is 0.574. The number of rotatable bonds is 1. The van der Waals surface area contributed by atoms with Crippen LogP contribution in [0.15, 0.2) is 3.34 Å². The van der Waals surface area contributed by atoms with E-state index >= 15 is 0 Å². The summed E-state index contributed by atoms with van der Waals surface area (Å²) in [5, 5.41) is 7.00. The Hall–Kier alpha value is 0.500. The maximum Gasteiger partial charge on any atom is 0.0319 e. The summed E-state index contributed by atoms with van der Waals surface area (Å²) in [6.07, 6.45) is 19.0. The monoisotopic (exact) mass is 436 g/mol. The van der Waals surface area contributed by atoms with Crippen molar-refractivity contribution in [3.63, 3.8) is 0 Å². The number of nitrogens with zero attached hydrogens (tertiary/aromatic N) is 1. The van der Waals surface area contributed by atoms with Crippen LogP contribution in [0.3, 0.4) is 0 Å². The van der Waals surface area contributed by atoms with Crippen LogP contribution >= 0.6 is 0 Å². The van der Waals surface area contributed by atoms with Gasteiger partial charge in [0.1, 0.15) is 0 Å². The molecule has 0 aromatic carbocycles. The molecule has 0 spiro atoms. The average molecular weight is 436 g/mol. The van der Waals surface area contributed by atoms with Crippen LogP contribution in [0.1, 0.15) is 78.1 Å². The molecule has 1 N–H and O–H groups in total. The van der Waals surface area contributed by atoms with Crippen LogP contribution in [-0.2, 0) is 20.9 Å². The van der Waals surface area contributed by atoms with E-state index in [1.165, 1.54) is 64.2 Å². The predicted octanol–water partition coefficient (Wildman–Crippen LogP) is 5.04. The molecule has 2 fully saturated rings. The van der Waals surface area contributed by atoms with Gasteiger partial charge in [-0.25, -0.2) is 0 Å². The van der Waals surface area contributed by atoms with Gasteiger partial charge in [-0.05, 0) is 0 Å². The zero-order valence-electron chi connectivity index (χ0n) is 13.1. The van der Waals surface area contributed by atoms with Crippen molar-refractivity contribution >= 4 is 0 Å². The third-order valence-electron chi connectivity index (χ3n) is 2.86. The van der Waals surface area contributed by atoms with Gasteiger partial charge in [0.2, 0.25) is 0 Å². The van der Waals surface area contributed by atoms with Crippen molar-refractivity contribution in [3.05, 3.63) is 12.8 Å². The molecule has 19 heavy (non-hydrogen) atoms. The summed E-state index contributed by atoms with van der Waals surface area (Å²) in [6, 6.07) is 0.559. The third-order valence-corrected chi connectivity index (χ3v) is 4.52. The molecule has 2 nitrogen and oxygen atoms in total. The van der Waals surface area contributed by atoms with Crippen LogP contribution < -0.4 is 0 Å². The molecule has 2 saturated carbocycles. The van der Waals surface area contributed by atoms with Crippen LogP contribution in [0.4, 0.5) is 0 Å². The molecule has 0 aliphatic heterocycles. The maximum absolute atomic E-state index is 7.00. The van der Waals surface area contributed by atoms with E-state index in [4.69, 9.17) is 5.11 Å². The van der Waals surface area contributed by atoms with E-state index in [0.717, 1.165) is 28.0 Å². The summed E-state index contributed by atoms with van der Waals surface area (Å²) >= 11 is 1.16. The van der Waals surface area contributed by atoms with Crippen LogP contribution in [0, 0.1) is 12.8 Å². The van der Waals surface area contributed by atoms with E-state index in [0.29, 0.717) is 6.04 Å². The van der Waals surface area contributed by atoms with E-state index in [-0.39, 0.29) is 0 Å². The minimum atomic E-state index is 0.559. The Bertz CT molecular complexity index is 120. The second kappa shape index (κ2) is 20.8. The van der Waals surface area contributed by atoms with Gasteiger partial charge in [0, 0.05) is 7.11 Å². The van der Waals surface area contributed by atoms with Crippen molar-refractivity contribution < 1.29 is 26.0 Å². The third kappa shape index (κ3) is 24.0. The van der Waals surface area contributed by atoms with Gasteiger partial charge in [0.15, 0.2) is 0 Å². The largest absolute Gasteiger partial charge is 0.400 e. The van der Waals surface area contributed by atoms with Gasteiger partial charge >= 0.3 is 44.1 Å². The smallest absolute Gasteiger partial charge is 0.0319 e. The van der Waals surface area contributed by atoms with Crippen molar-refractivity contribution in [1.82, 2.24) is 0 Å². The normalized spacial score (nSPS) is 17.7.